The van der Waals surface area contributed by atoms with Crippen molar-refractivity contribution in [1.29, 1.82) is 0 Å². The molecule has 7 nitrogen and oxygen atoms in total. The molecular formula is C13H12N2O5. The van der Waals surface area contributed by atoms with E-state index in [1.54, 1.807) is 26.0 Å². The Hall–Kier alpha value is -2.70. The first-order valence-electron chi connectivity index (χ1n) is 5.92. The number of benzene rings is 1. The van der Waals surface area contributed by atoms with E-state index in [1.165, 1.54) is 12.1 Å². The zero-order valence-electron chi connectivity index (χ0n) is 11.0. The molecule has 0 N–H and O–H groups in total. The number of hydrogen-bond donors (Lipinski definition) is 0. The first-order valence-corrected chi connectivity index (χ1v) is 5.92. The highest BCUT2D eigenvalue weighted by molar-refractivity contribution is 5.85. The van der Waals surface area contributed by atoms with Crippen LogP contribution in [0.3, 0.4) is 0 Å². The van der Waals surface area contributed by atoms with Gasteiger partial charge in [-0.2, -0.15) is 0 Å². The molecule has 0 aliphatic carbocycles. The highest BCUT2D eigenvalue weighted by atomic mass is 16.6. The molecule has 7 heteroatoms. The predicted octanol–water partition coefficient (Wildman–Crippen LogP) is 2.73. The zero-order chi connectivity index (χ0) is 14.7. The van der Waals surface area contributed by atoms with E-state index in [4.69, 9.17) is 9.15 Å². The van der Waals surface area contributed by atoms with Gasteiger partial charge < -0.3 is 9.15 Å². The minimum Gasteiger partial charge on any atom is -0.459 e. The molecule has 0 saturated carbocycles. The summed E-state index contributed by atoms with van der Waals surface area (Å²) in [6.07, 6.45) is 0. The summed E-state index contributed by atoms with van der Waals surface area (Å²) >= 11 is 0. The Bertz CT molecular complexity index is 645. The molecule has 0 saturated heterocycles. The van der Waals surface area contributed by atoms with Crippen LogP contribution in [0.4, 0.5) is 5.69 Å². The highest BCUT2D eigenvalue weighted by Gasteiger charge is 2.19. The summed E-state index contributed by atoms with van der Waals surface area (Å²) in [6.45, 7) is 3.57. The summed E-state index contributed by atoms with van der Waals surface area (Å²) in [5.41, 5.74) is 1.08. The number of nitrogens with zero attached hydrogens (tertiary/aromatic N) is 2. The number of oxazole rings is 1. The lowest BCUT2D eigenvalue weighted by molar-refractivity contribution is -0.384. The van der Waals surface area contributed by atoms with Crippen molar-refractivity contribution in [2.24, 2.45) is 0 Å². The fraction of sp³-hybridized carbons (Fsp3) is 0.231. The van der Waals surface area contributed by atoms with Gasteiger partial charge in [-0.1, -0.05) is 0 Å². The summed E-state index contributed by atoms with van der Waals surface area (Å²) in [4.78, 5) is 25.7. The molecule has 2 rings (SSSR count). The van der Waals surface area contributed by atoms with Crippen molar-refractivity contribution < 1.29 is 18.9 Å². The molecule has 0 bridgehead atoms. The van der Waals surface area contributed by atoms with Gasteiger partial charge in [0, 0.05) is 17.7 Å². The number of aryl methyl sites for hydroxylation is 1. The summed E-state index contributed by atoms with van der Waals surface area (Å²) in [5, 5.41) is 10.6. The lowest BCUT2D eigenvalue weighted by Crippen LogP contribution is -2.04. The molecule has 0 amide bonds. The van der Waals surface area contributed by atoms with E-state index in [2.05, 4.69) is 4.98 Å². The summed E-state index contributed by atoms with van der Waals surface area (Å²) < 4.78 is 10.0. The molecule has 104 valence electrons. The Morgan fingerprint density at radius 1 is 1.40 bits per heavy atom. The van der Waals surface area contributed by atoms with Crippen molar-refractivity contribution >= 4 is 11.7 Å². The molecule has 0 atom stereocenters. The highest BCUT2D eigenvalue weighted by Crippen LogP contribution is 2.25. The van der Waals surface area contributed by atoms with Gasteiger partial charge in [0.2, 0.25) is 0 Å². The van der Waals surface area contributed by atoms with Crippen LogP contribution in [-0.4, -0.2) is 22.5 Å². The van der Waals surface area contributed by atoms with Gasteiger partial charge in [0.25, 0.3) is 5.69 Å². The maximum atomic E-state index is 11.5. The van der Waals surface area contributed by atoms with Crippen molar-refractivity contribution in [2.45, 2.75) is 13.8 Å². The van der Waals surface area contributed by atoms with Crippen molar-refractivity contribution in [3.8, 4) is 11.3 Å². The number of nitro benzene ring substituents is 1. The standard InChI is InChI=1S/C13H12N2O5/c1-3-19-13(16)12-14-11(8(2)20-12)9-4-6-10(7-5-9)15(17)18/h4-7H,3H2,1-2H3. The fourth-order valence-corrected chi connectivity index (χ4v) is 1.69. The third-order valence-corrected chi connectivity index (χ3v) is 2.60. The van der Waals surface area contributed by atoms with E-state index in [0.29, 0.717) is 17.0 Å². The molecule has 0 spiro atoms. The van der Waals surface area contributed by atoms with Crippen LogP contribution in [0.1, 0.15) is 23.4 Å². The number of aromatic nitrogens is 1. The average Bonchev–Trinajstić information content (AvgIpc) is 2.81. The molecule has 1 aromatic carbocycles. The van der Waals surface area contributed by atoms with Crippen molar-refractivity contribution in [3.63, 3.8) is 0 Å². The van der Waals surface area contributed by atoms with Gasteiger partial charge in [-0.25, -0.2) is 9.78 Å². The maximum Gasteiger partial charge on any atom is 0.394 e. The quantitative estimate of drug-likeness (QED) is 0.484. The Kier molecular flexibility index (Phi) is 3.79. The molecule has 1 aromatic heterocycles. The normalized spacial score (nSPS) is 10.3. The number of ether oxygens (including phenoxy) is 1. The van der Waals surface area contributed by atoms with Gasteiger partial charge in [-0.15, -0.1) is 0 Å². The van der Waals surface area contributed by atoms with Crippen LogP contribution in [0.5, 0.6) is 0 Å². The second kappa shape index (κ2) is 5.52. The number of carbonyl (C=O) groups excluding carboxylic acids is 1. The van der Waals surface area contributed by atoms with E-state index in [-0.39, 0.29) is 18.2 Å². The van der Waals surface area contributed by atoms with Gasteiger partial charge in [0.05, 0.1) is 11.5 Å². The van der Waals surface area contributed by atoms with Crippen molar-refractivity contribution in [2.75, 3.05) is 6.61 Å². The van der Waals surface area contributed by atoms with Crippen molar-refractivity contribution in [3.05, 3.63) is 46.0 Å². The second-order valence-electron chi connectivity index (χ2n) is 3.95. The predicted molar refractivity (Wildman–Crippen MR) is 69.3 cm³/mol. The molecule has 20 heavy (non-hydrogen) atoms. The van der Waals surface area contributed by atoms with E-state index in [0.717, 1.165) is 0 Å². The van der Waals surface area contributed by atoms with Gasteiger partial charge in [-0.3, -0.25) is 10.1 Å². The Morgan fingerprint density at radius 3 is 2.60 bits per heavy atom. The second-order valence-corrected chi connectivity index (χ2v) is 3.95. The van der Waals surface area contributed by atoms with Crippen LogP contribution in [0.2, 0.25) is 0 Å². The van der Waals surface area contributed by atoms with E-state index in [1.807, 2.05) is 0 Å². The number of hydrogen-bond acceptors (Lipinski definition) is 6. The van der Waals surface area contributed by atoms with Gasteiger partial charge in [0.15, 0.2) is 0 Å². The molecule has 1 heterocycles. The van der Waals surface area contributed by atoms with E-state index >= 15 is 0 Å². The van der Waals surface area contributed by atoms with Crippen LogP contribution in [-0.2, 0) is 4.74 Å². The topological polar surface area (TPSA) is 95.5 Å². The van der Waals surface area contributed by atoms with E-state index < -0.39 is 10.9 Å². The fourth-order valence-electron chi connectivity index (χ4n) is 1.69. The average molecular weight is 276 g/mol. The number of rotatable bonds is 4. The molecule has 0 radical (unpaired) electrons. The van der Waals surface area contributed by atoms with Gasteiger partial charge in [-0.05, 0) is 26.0 Å². The Balaban J connectivity index is 2.33. The van der Waals surface area contributed by atoms with Gasteiger partial charge in [0.1, 0.15) is 11.5 Å². The van der Waals surface area contributed by atoms with Crippen LogP contribution < -0.4 is 0 Å². The van der Waals surface area contributed by atoms with Crippen LogP contribution in [0, 0.1) is 17.0 Å². The zero-order valence-corrected chi connectivity index (χ0v) is 11.0. The summed E-state index contributed by atoms with van der Waals surface area (Å²) in [5.74, 6) is -0.316. The number of non-ortho nitro benzene ring substituents is 1. The maximum absolute atomic E-state index is 11.5. The minimum atomic E-state index is -0.635. The lowest BCUT2D eigenvalue weighted by atomic mass is 10.1. The lowest BCUT2D eigenvalue weighted by Gasteiger charge is -1.97. The van der Waals surface area contributed by atoms with Crippen LogP contribution in [0.15, 0.2) is 28.7 Å². The number of nitro groups is 1. The Labute approximate surface area is 114 Å². The molecule has 0 aliphatic heterocycles. The number of esters is 1. The van der Waals surface area contributed by atoms with E-state index in [9.17, 15) is 14.9 Å². The smallest absolute Gasteiger partial charge is 0.394 e. The van der Waals surface area contributed by atoms with Crippen LogP contribution >= 0.6 is 0 Å². The third kappa shape index (κ3) is 2.66. The molecular weight excluding hydrogens is 264 g/mol. The molecule has 0 unspecified atom stereocenters. The summed E-state index contributed by atoms with van der Waals surface area (Å²) in [7, 11) is 0. The molecule has 2 aromatic rings. The van der Waals surface area contributed by atoms with Crippen molar-refractivity contribution in [1.82, 2.24) is 4.98 Å². The first-order chi connectivity index (χ1) is 9.52. The third-order valence-electron chi connectivity index (χ3n) is 2.60. The SMILES string of the molecule is CCOC(=O)c1nc(-c2ccc([N+](=O)[O-])cc2)c(C)o1. The monoisotopic (exact) mass is 276 g/mol. The summed E-state index contributed by atoms with van der Waals surface area (Å²) in [6, 6.07) is 5.84. The first kappa shape index (κ1) is 13.7. The van der Waals surface area contributed by atoms with Gasteiger partial charge >= 0.3 is 11.9 Å². The minimum absolute atomic E-state index is 0.0134. The molecule has 0 fully saturated rings. The largest absolute Gasteiger partial charge is 0.459 e. The molecule has 0 aliphatic rings. The van der Waals surface area contributed by atoms with Crippen LogP contribution in [0.25, 0.3) is 11.3 Å². The number of carbonyl (C=O) groups is 1. The Morgan fingerprint density at radius 2 is 2.05 bits per heavy atom.